The van der Waals surface area contributed by atoms with E-state index in [0.29, 0.717) is 12.1 Å². The summed E-state index contributed by atoms with van der Waals surface area (Å²) in [6.07, 6.45) is 3.70. The van der Waals surface area contributed by atoms with Crippen molar-refractivity contribution in [3.63, 3.8) is 0 Å². The van der Waals surface area contributed by atoms with Gasteiger partial charge in [-0.2, -0.15) is 5.10 Å². The Hall–Kier alpha value is -0.390. The van der Waals surface area contributed by atoms with Gasteiger partial charge in [0.1, 0.15) is 0 Å². The van der Waals surface area contributed by atoms with Gasteiger partial charge in [-0.3, -0.25) is 9.58 Å². The smallest absolute Gasteiger partial charge is 0.0739 e. The first-order valence-corrected chi connectivity index (χ1v) is 8.51. The summed E-state index contributed by atoms with van der Waals surface area (Å²) < 4.78 is 3.18. The second kappa shape index (κ2) is 7.05. The maximum absolute atomic E-state index is 4.51. The number of piperazine rings is 1. The number of halogens is 1. The minimum Gasteiger partial charge on any atom is -0.311 e. The van der Waals surface area contributed by atoms with Gasteiger partial charge in [-0.25, -0.2) is 0 Å². The summed E-state index contributed by atoms with van der Waals surface area (Å²) in [6, 6.07) is 1.26. The molecule has 0 bridgehead atoms. The lowest BCUT2D eigenvalue weighted by Crippen LogP contribution is -2.55. The lowest BCUT2D eigenvalue weighted by atomic mass is 10.0. The van der Waals surface area contributed by atoms with Crippen molar-refractivity contribution in [1.82, 2.24) is 20.0 Å². The highest BCUT2D eigenvalue weighted by Crippen LogP contribution is 2.24. The Morgan fingerprint density at radius 2 is 2.15 bits per heavy atom. The van der Waals surface area contributed by atoms with E-state index in [1.54, 1.807) is 0 Å². The Kier molecular flexibility index (Phi) is 5.64. The maximum Gasteiger partial charge on any atom is 0.0739 e. The van der Waals surface area contributed by atoms with Gasteiger partial charge in [0.25, 0.3) is 0 Å². The fourth-order valence-corrected chi connectivity index (χ4v) is 3.57. The van der Waals surface area contributed by atoms with E-state index in [1.807, 2.05) is 11.7 Å². The third kappa shape index (κ3) is 3.43. The van der Waals surface area contributed by atoms with Crippen LogP contribution in [-0.2, 0) is 13.6 Å². The van der Waals surface area contributed by atoms with E-state index < -0.39 is 0 Å². The lowest BCUT2D eigenvalue weighted by Gasteiger charge is -2.40. The number of nitrogens with zero attached hydrogens (tertiary/aromatic N) is 3. The third-order valence-electron chi connectivity index (χ3n) is 4.34. The number of nitrogens with one attached hydrogen (secondary N) is 1. The molecule has 2 rings (SSSR count). The topological polar surface area (TPSA) is 33.1 Å². The summed E-state index contributed by atoms with van der Waals surface area (Å²) in [6.45, 7) is 9.83. The van der Waals surface area contributed by atoms with E-state index in [2.05, 4.69) is 52.0 Å². The molecule has 0 aromatic carbocycles. The van der Waals surface area contributed by atoms with Crippen molar-refractivity contribution in [3.05, 3.63) is 15.9 Å². The van der Waals surface area contributed by atoms with Crippen LogP contribution >= 0.6 is 15.9 Å². The predicted octanol–water partition coefficient (Wildman–Crippen LogP) is 2.84. The van der Waals surface area contributed by atoms with E-state index in [0.717, 1.165) is 25.3 Å². The molecule has 4 nitrogen and oxygen atoms in total. The molecule has 0 radical (unpaired) electrons. The molecule has 0 amide bonds. The standard InChI is InChI=1S/C15H27BrN4/c1-5-7-12-9-20(13(6-2)8-17-12)10-14-15(16)11(3)18-19(14)4/h12-13,17H,5-10H2,1-4H3. The highest BCUT2D eigenvalue weighted by atomic mass is 79.9. The predicted molar refractivity (Wildman–Crippen MR) is 86.8 cm³/mol. The molecule has 2 atom stereocenters. The van der Waals surface area contributed by atoms with Crippen LogP contribution in [0.5, 0.6) is 0 Å². The quantitative estimate of drug-likeness (QED) is 0.893. The highest BCUT2D eigenvalue weighted by Gasteiger charge is 2.27. The lowest BCUT2D eigenvalue weighted by molar-refractivity contribution is 0.112. The molecule has 1 N–H and O–H groups in total. The SMILES string of the molecule is CCCC1CN(Cc2c(Br)c(C)nn2C)C(CC)CN1. The molecule has 114 valence electrons. The van der Waals surface area contributed by atoms with Crippen LogP contribution in [0.3, 0.4) is 0 Å². The van der Waals surface area contributed by atoms with Crippen molar-refractivity contribution in [3.8, 4) is 0 Å². The normalized spacial score (nSPS) is 24.2. The van der Waals surface area contributed by atoms with Crippen molar-refractivity contribution >= 4 is 15.9 Å². The van der Waals surface area contributed by atoms with Crippen LogP contribution in [0, 0.1) is 6.92 Å². The maximum atomic E-state index is 4.51. The summed E-state index contributed by atoms with van der Waals surface area (Å²) in [5.74, 6) is 0. The first-order chi connectivity index (χ1) is 9.56. The molecule has 0 saturated carbocycles. The number of hydrogen-bond donors (Lipinski definition) is 1. The van der Waals surface area contributed by atoms with Gasteiger partial charge in [0.15, 0.2) is 0 Å². The van der Waals surface area contributed by atoms with Crippen molar-refractivity contribution < 1.29 is 0 Å². The zero-order valence-corrected chi connectivity index (χ0v) is 14.7. The monoisotopic (exact) mass is 342 g/mol. The van der Waals surface area contributed by atoms with Gasteiger partial charge >= 0.3 is 0 Å². The second-order valence-corrected chi connectivity index (χ2v) is 6.65. The fraction of sp³-hybridized carbons (Fsp3) is 0.800. The molecule has 20 heavy (non-hydrogen) atoms. The molecular formula is C15H27BrN4. The Labute approximate surface area is 131 Å². The average molecular weight is 343 g/mol. The van der Waals surface area contributed by atoms with E-state index >= 15 is 0 Å². The van der Waals surface area contributed by atoms with Gasteiger partial charge in [-0.1, -0.05) is 20.3 Å². The molecule has 0 spiro atoms. The van der Waals surface area contributed by atoms with Crippen LogP contribution in [0.15, 0.2) is 4.47 Å². The fourth-order valence-electron chi connectivity index (χ4n) is 3.11. The van der Waals surface area contributed by atoms with Crippen LogP contribution in [0.2, 0.25) is 0 Å². The first kappa shape index (κ1) is 16.0. The van der Waals surface area contributed by atoms with E-state index in [-0.39, 0.29) is 0 Å². The summed E-state index contributed by atoms with van der Waals surface area (Å²) in [4.78, 5) is 2.62. The largest absolute Gasteiger partial charge is 0.311 e. The average Bonchev–Trinajstić information content (AvgIpc) is 2.66. The highest BCUT2D eigenvalue weighted by molar-refractivity contribution is 9.10. The Morgan fingerprint density at radius 1 is 1.40 bits per heavy atom. The molecular weight excluding hydrogens is 316 g/mol. The summed E-state index contributed by atoms with van der Waals surface area (Å²) in [5, 5.41) is 8.21. The molecule has 5 heteroatoms. The van der Waals surface area contributed by atoms with Crippen LogP contribution in [-0.4, -0.2) is 39.9 Å². The minimum atomic E-state index is 0.630. The zero-order chi connectivity index (χ0) is 14.7. The summed E-state index contributed by atoms with van der Waals surface area (Å²) >= 11 is 3.69. The van der Waals surface area contributed by atoms with Crippen LogP contribution in [0.4, 0.5) is 0 Å². The van der Waals surface area contributed by atoms with E-state index in [4.69, 9.17) is 0 Å². The molecule has 1 aromatic rings. The Bertz CT molecular complexity index is 443. The van der Waals surface area contributed by atoms with Gasteiger partial charge < -0.3 is 5.32 Å². The van der Waals surface area contributed by atoms with Crippen molar-refractivity contribution in [2.75, 3.05) is 13.1 Å². The molecule has 1 aliphatic rings. The molecule has 2 heterocycles. The number of aryl methyl sites for hydroxylation is 2. The summed E-state index contributed by atoms with van der Waals surface area (Å²) in [5.41, 5.74) is 2.37. The van der Waals surface area contributed by atoms with Gasteiger partial charge in [0, 0.05) is 38.8 Å². The van der Waals surface area contributed by atoms with E-state index in [9.17, 15) is 0 Å². The van der Waals surface area contributed by atoms with Gasteiger partial charge in [-0.05, 0) is 35.7 Å². The van der Waals surface area contributed by atoms with Crippen LogP contribution in [0.1, 0.15) is 44.5 Å². The van der Waals surface area contributed by atoms with Gasteiger partial charge in [0.2, 0.25) is 0 Å². The first-order valence-electron chi connectivity index (χ1n) is 7.72. The van der Waals surface area contributed by atoms with Crippen molar-refractivity contribution in [2.45, 2.75) is 58.7 Å². The zero-order valence-electron chi connectivity index (χ0n) is 13.1. The number of aromatic nitrogens is 2. The molecule has 2 unspecified atom stereocenters. The van der Waals surface area contributed by atoms with Crippen LogP contribution in [0.25, 0.3) is 0 Å². The van der Waals surface area contributed by atoms with E-state index in [1.165, 1.54) is 29.4 Å². The number of hydrogen-bond acceptors (Lipinski definition) is 3. The number of rotatable bonds is 5. The minimum absolute atomic E-state index is 0.630. The van der Waals surface area contributed by atoms with Gasteiger partial charge in [-0.15, -0.1) is 0 Å². The van der Waals surface area contributed by atoms with Crippen molar-refractivity contribution in [1.29, 1.82) is 0 Å². The second-order valence-electron chi connectivity index (χ2n) is 5.86. The summed E-state index contributed by atoms with van der Waals surface area (Å²) in [7, 11) is 2.04. The molecule has 1 aliphatic heterocycles. The molecule has 1 fully saturated rings. The van der Waals surface area contributed by atoms with Crippen molar-refractivity contribution in [2.24, 2.45) is 7.05 Å². The Balaban J connectivity index is 2.11. The molecule has 1 aromatic heterocycles. The van der Waals surface area contributed by atoms with Gasteiger partial charge in [0.05, 0.1) is 15.9 Å². The van der Waals surface area contributed by atoms with Crippen LogP contribution < -0.4 is 5.32 Å². The third-order valence-corrected chi connectivity index (χ3v) is 5.37. The Morgan fingerprint density at radius 3 is 2.70 bits per heavy atom. The molecule has 1 saturated heterocycles. The molecule has 0 aliphatic carbocycles.